The van der Waals surface area contributed by atoms with Crippen molar-refractivity contribution in [1.29, 1.82) is 0 Å². The van der Waals surface area contributed by atoms with Gasteiger partial charge in [0.05, 0.1) is 19.8 Å². The van der Waals surface area contributed by atoms with E-state index in [1.807, 2.05) is 38.4 Å². The number of hydrogen-bond donors (Lipinski definition) is 1. The zero-order chi connectivity index (χ0) is 27.1. The molecule has 3 aromatic carbocycles. The number of methoxy groups -OCH3 is 1. The number of ether oxygens (including phenoxy) is 1. The number of benzene rings is 3. The van der Waals surface area contributed by atoms with Crippen LogP contribution >= 0.6 is 0 Å². The normalized spacial score (nSPS) is 17.3. The summed E-state index contributed by atoms with van der Waals surface area (Å²) in [6, 6.07) is 24.3. The van der Waals surface area contributed by atoms with Gasteiger partial charge in [-0.15, -0.1) is 0 Å². The monoisotopic (exact) mass is 512 g/mol. The lowest BCUT2D eigenvalue weighted by Gasteiger charge is -2.31. The zero-order valence-electron chi connectivity index (χ0n) is 22.3. The van der Waals surface area contributed by atoms with Crippen molar-refractivity contribution >= 4 is 29.3 Å². The third-order valence-electron chi connectivity index (χ3n) is 7.07. The topological polar surface area (TPSA) is 70.1 Å². The molecule has 0 spiro atoms. The Morgan fingerprint density at radius 2 is 1.63 bits per heavy atom. The Labute approximate surface area is 225 Å². The highest BCUT2D eigenvalue weighted by Gasteiger charge is 2.30. The van der Waals surface area contributed by atoms with Crippen LogP contribution in [0.5, 0.6) is 0 Å². The summed E-state index contributed by atoms with van der Waals surface area (Å²) in [5, 5.41) is 10.2. The van der Waals surface area contributed by atoms with Crippen LogP contribution in [0.25, 0.3) is 17.2 Å². The third-order valence-corrected chi connectivity index (χ3v) is 7.07. The van der Waals surface area contributed by atoms with Crippen molar-refractivity contribution in [2.75, 3.05) is 31.0 Å². The summed E-state index contributed by atoms with van der Waals surface area (Å²) in [6.07, 6.45) is 5.45. The minimum Gasteiger partial charge on any atom is -0.466 e. The van der Waals surface area contributed by atoms with Gasteiger partial charge in [-0.05, 0) is 71.9 Å². The molecule has 0 aromatic heterocycles. The Bertz CT molecular complexity index is 1270. The SMILES string of the molecule is COC(=O)/C=C/c1cccc(N(Cc2ccc(-c3ccc(N(C)C)cc3)cc2)C(=O)[C@@H]2CCC[C@H](O)C2)c1. The lowest BCUT2D eigenvalue weighted by atomic mass is 9.86. The Balaban J connectivity index is 1.59. The molecule has 6 nitrogen and oxygen atoms in total. The Morgan fingerprint density at radius 1 is 0.947 bits per heavy atom. The average molecular weight is 513 g/mol. The van der Waals surface area contributed by atoms with Crippen LogP contribution in [0.3, 0.4) is 0 Å². The third kappa shape index (κ3) is 6.90. The molecule has 1 N–H and O–H groups in total. The molecule has 2 atom stereocenters. The van der Waals surface area contributed by atoms with Gasteiger partial charge in [0.15, 0.2) is 0 Å². The van der Waals surface area contributed by atoms with E-state index < -0.39 is 12.1 Å². The maximum atomic E-state index is 13.8. The number of rotatable bonds is 8. The molecule has 0 radical (unpaired) electrons. The molecular formula is C32H36N2O4. The van der Waals surface area contributed by atoms with E-state index in [0.717, 1.165) is 52.9 Å². The van der Waals surface area contributed by atoms with Crippen molar-refractivity contribution in [3.8, 4) is 11.1 Å². The van der Waals surface area contributed by atoms with E-state index in [1.165, 1.54) is 13.2 Å². The van der Waals surface area contributed by atoms with Gasteiger partial charge in [-0.25, -0.2) is 4.79 Å². The maximum absolute atomic E-state index is 13.8. The molecule has 1 aliphatic carbocycles. The van der Waals surface area contributed by atoms with Crippen molar-refractivity contribution in [3.63, 3.8) is 0 Å². The van der Waals surface area contributed by atoms with Gasteiger partial charge < -0.3 is 19.6 Å². The number of carbonyl (C=O) groups excluding carboxylic acids is 2. The Kier molecular flexibility index (Phi) is 8.98. The Morgan fingerprint density at radius 3 is 2.26 bits per heavy atom. The first-order valence-electron chi connectivity index (χ1n) is 13.1. The van der Waals surface area contributed by atoms with Crippen molar-refractivity contribution in [3.05, 3.63) is 90.0 Å². The molecule has 0 aliphatic heterocycles. The van der Waals surface area contributed by atoms with E-state index in [2.05, 4.69) is 53.4 Å². The molecule has 6 heteroatoms. The second kappa shape index (κ2) is 12.6. The van der Waals surface area contributed by atoms with Crippen LogP contribution in [0.15, 0.2) is 78.9 Å². The highest BCUT2D eigenvalue weighted by Crippen LogP contribution is 2.30. The maximum Gasteiger partial charge on any atom is 0.330 e. The molecule has 1 aliphatic rings. The van der Waals surface area contributed by atoms with E-state index in [9.17, 15) is 14.7 Å². The van der Waals surface area contributed by atoms with Gasteiger partial charge in [-0.3, -0.25) is 4.79 Å². The quantitative estimate of drug-likeness (QED) is 0.310. The number of hydrogen-bond acceptors (Lipinski definition) is 5. The molecule has 1 saturated carbocycles. The number of amides is 1. The van der Waals surface area contributed by atoms with Crippen molar-refractivity contribution in [1.82, 2.24) is 0 Å². The fourth-order valence-corrected chi connectivity index (χ4v) is 4.87. The van der Waals surface area contributed by atoms with Gasteiger partial charge in [0.1, 0.15) is 0 Å². The first kappa shape index (κ1) is 27.1. The molecule has 0 bridgehead atoms. The number of carbonyl (C=O) groups is 2. The summed E-state index contributed by atoms with van der Waals surface area (Å²) in [6.45, 7) is 0.412. The molecule has 3 aromatic rings. The standard InChI is InChI=1S/C32H36N2O4/c1-33(2)28-17-15-26(16-18-28)25-13-10-24(11-14-25)22-34(32(37)27-7-5-9-30(35)21-27)29-8-4-6-23(20-29)12-19-31(36)38-3/h4,6,8,10-20,27,30,35H,5,7,9,21-22H2,1-3H3/b19-12+/t27-,30+/m1/s1. The molecule has 198 valence electrons. The summed E-state index contributed by atoms with van der Waals surface area (Å²) >= 11 is 0. The van der Waals surface area contributed by atoms with Gasteiger partial charge in [0, 0.05) is 37.5 Å². The number of esters is 1. The van der Waals surface area contributed by atoms with Crippen LogP contribution in [0.1, 0.15) is 36.8 Å². The van der Waals surface area contributed by atoms with Crippen LogP contribution < -0.4 is 9.80 Å². The zero-order valence-corrected chi connectivity index (χ0v) is 22.3. The largest absolute Gasteiger partial charge is 0.466 e. The predicted octanol–water partition coefficient (Wildman–Crippen LogP) is 5.69. The molecule has 0 unspecified atom stereocenters. The number of aliphatic hydroxyl groups excluding tert-OH is 1. The van der Waals surface area contributed by atoms with Crippen LogP contribution in [0.4, 0.5) is 11.4 Å². The van der Waals surface area contributed by atoms with Crippen molar-refractivity contribution in [2.45, 2.75) is 38.3 Å². The van der Waals surface area contributed by atoms with E-state index in [0.29, 0.717) is 13.0 Å². The molecular weight excluding hydrogens is 476 g/mol. The number of aliphatic hydroxyl groups is 1. The summed E-state index contributed by atoms with van der Waals surface area (Å²) in [5.74, 6) is -0.639. The smallest absolute Gasteiger partial charge is 0.330 e. The van der Waals surface area contributed by atoms with Crippen molar-refractivity contribution in [2.24, 2.45) is 5.92 Å². The highest BCUT2D eigenvalue weighted by atomic mass is 16.5. The van der Waals surface area contributed by atoms with Crippen LogP contribution in [-0.4, -0.2) is 44.3 Å². The van der Waals surface area contributed by atoms with Gasteiger partial charge in [0.25, 0.3) is 0 Å². The fourth-order valence-electron chi connectivity index (χ4n) is 4.87. The molecule has 1 amide bonds. The fraction of sp³-hybridized carbons (Fsp3) is 0.312. The first-order chi connectivity index (χ1) is 18.3. The Hall–Kier alpha value is -3.90. The lowest BCUT2D eigenvalue weighted by molar-refractivity contribution is -0.134. The minimum absolute atomic E-state index is 0.0150. The summed E-state index contributed by atoms with van der Waals surface area (Å²) in [5.41, 5.74) is 5.96. The van der Waals surface area contributed by atoms with Gasteiger partial charge in [-0.1, -0.05) is 55.0 Å². The van der Waals surface area contributed by atoms with Crippen LogP contribution in [0, 0.1) is 5.92 Å². The van der Waals surface area contributed by atoms with Crippen molar-refractivity contribution < 1.29 is 19.4 Å². The van der Waals surface area contributed by atoms with E-state index in [1.54, 1.807) is 11.0 Å². The van der Waals surface area contributed by atoms with Gasteiger partial charge in [-0.2, -0.15) is 0 Å². The summed E-state index contributed by atoms with van der Waals surface area (Å²) in [7, 11) is 5.39. The van der Waals surface area contributed by atoms with Gasteiger partial charge in [0.2, 0.25) is 5.91 Å². The second-order valence-electron chi connectivity index (χ2n) is 10.0. The molecule has 38 heavy (non-hydrogen) atoms. The average Bonchev–Trinajstić information content (AvgIpc) is 2.94. The number of nitrogens with zero attached hydrogens (tertiary/aromatic N) is 2. The molecule has 4 rings (SSSR count). The van der Waals surface area contributed by atoms with E-state index >= 15 is 0 Å². The molecule has 0 heterocycles. The van der Waals surface area contributed by atoms with E-state index in [-0.39, 0.29) is 11.8 Å². The highest BCUT2D eigenvalue weighted by molar-refractivity contribution is 5.95. The lowest BCUT2D eigenvalue weighted by Crippen LogP contribution is -2.38. The molecule has 0 saturated heterocycles. The first-order valence-corrected chi connectivity index (χ1v) is 13.1. The van der Waals surface area contributed by atoms with Crippen LogP contribution in [-0.2, 0) is 20.9 Å². The summed E-state index contributed by atoms with van der Waals surface area (Å²) in [4.78, 5) is 29.2. The predicted molar refractivity (Wildman–Crippen MR) is 153 cm³/mol. The van der Waals surface area contributed by atoms with Crippen LogP contribution in [0.2, 0.25) is 0 Å². The van der Waals surface area contributed by atoms with E-state index in [4.69, 9.17) is 4.74 Å². The minimum atomic E-state index is -0.438. The number of anilines is 2. The molecule has 1 fully saturated rings. The van der Waals surface area contributed by atoms with Gasteiger partial charge >= 0.3 is 5.97 Å². The second-order valence-corrected chi connectivity index (χ2v) is 10.0. The summed E-state index contributed by atoms with van der Waals surface area (Å²) < 4.78 is 4.70.